The van der Waals surface area contributed by atoms with Gasteiger partial charge in [0.25, 0.3) is 0 Å². The van der Waals surface area contributed by atoms with E-state index in [1.807, 2.05) is 0 Å². The number of hydrogen-bond acceptors (Lipinski definition) is 1. The number of allylic oxidation sites excluding steroid dienone is 2. The molecular weight excluding hydrogens is 160 g/mol. The van der Waals surface area contributed by atoms with E-state index in [0.717, 1.165) is 25.2 Å². The zero-order valence-corrected chi connectivity index (χ0v) is 8.92. The van der Waals surface area contributed by atoms with Crippen molar-refractivity contribution >= 4 is 0 Å². The Bertz CT molecular complexity index is 172. The minimum Gasteiger partial charge on any atom is -0.393 e. The average Bonchev–Trinajstić information content (AvgIpc) is 2.09. The second kappa shape index (κ2) is 5.43. The molecule has 0 aromatic heterocycles. The van der Waals surface area contributed by atoms with Crippen LogP contribution in [0.25, 0.3) is 0 Å². The highest BCUT2D eigenvalue weighted by Gasteiger charge is 2.15. The monoisotopic (exact) mass is 182 g/mol. The molecule has 1 aliphatic rings. The minimum atomic E-state index is -0.0539. The van der Waals surface area contributed by atoms with Crippen molar-refractivity contribution in [1.29, 1.82) is 0 Å². The lowest BCUT2D eigenvalue weighted by Crippen LogP contribution is -2.15. The van der Waals surface area contributed by atoms with E-state index in [-0.39, 0.29) is 6.10 Å². The molecule has 0 saturated heterocycles. The molecular formula is C12H22O. The first kappa shape index (κ1) is 10.8. The first-order chi connectivity index (χ1) is 6.22. The standard InChI is InChI=1S/C12H22O/c1-3-4-12(13)9-11-7-5-10(2)6-8-11/h5,11-13H,3-4,6-9H2,1-2H3. The van der Waals surface area contributed by atoms with Gasteiger partial charge in [0.2, 0.25) is 0 Å². The van der Waals surface area contributed by atoms with Crippen molar-refractivity contribution in [2.75, 3.05) is 0 Å². The molecule has 1 N–H and O–H groups in total. The summed E-state index contributed by atoms with van der Waals surface area (Å²) in [5, 5.41) is 9.65. The van der Waals surface area contributed by atoms with Crippen LogP contribution in [0.3, 0.4) is 0 Å². The Hall–Kier alpha value is -0.300. The topological polar surface area (TPSA) is 20.2 Å². The molecule has 0 saturated carbocycles. The Labute approximate surface area is 81.9 Å². The van der Waals surface area contributed by atoms with Crippen molar-refractivity contribution in [3.8, 4) is 0 Å². The minimum absolute atomic E-state index is 0.0539. The predicted molar refractivity (Wildman–Crippen MR) is 56.6 cm³/mol. The third kappa shape index (κ3) is 3.95. The lowest BCUT2D eigenvalue weighted by atomic mass is 9.86. The van der Waals surface area contributed by atoms with E-state index in [4.69, 9.17) is 0 Å². The molecule has 0 bridgehead atoms. The van der Waals surface area contributed by atoms with Crippen LogP contribution in [0.2, 0.25) is 0 Å². The number of aliphatic hydroxyl groups excluding tert-OH is 1. The molecule has 0 aliphatic heterocycles. The predicted octanol–water partition coefficient (Wildman–Crippen LogP) is 3.28. The van der Waals surface area contributed by atoms with Crippen molar-refractivity contribution < 1.29 is 5.11 Å². The molecule has 1 aliphatic carbocycles. The number of aliphatic hydroxyl groups is 1. The second-order valence-corrected chi connectivity index (χ2v) is 4.37. The lowest BCUT2D eigenvalue weighted by Gasteiger charge is -2.22. The molecule has 1 heteroatoms. The van der Waals surface area contributed by atoms with Gasteiger partial charge in [0.15, 0.2) is 0 Å². The normalized spacial score (nSPS) is 25.5. The highest BCUT2D eigenvalue weighted by molar-refractivity contribution is 5.02. The fourth-order valence-electron chi connectivity index (χ4n) is 2.07. The molecule has 0 radical (unpaired) electrons. The summed E-state index contributed by atoms with van der Waals surface area (Å²) >= 11 is 0. The Balaban J connectivity index is 2.23. The Morgan fingerprint density at radius 3 is 2.92 bits per heavy atom. The van der Waals surface area contributed by atoms with Crippen molar-refractivity contribution in [3.05, 3.63) is 11.6 Å². The quantitative estimate of drug-likeness (QED) is 0.661. The summed E-state index contributed by atoms with van der Waals surface area (Å²) in [6.45, 7) is 4.34. The third-order valence-corrected chi connectivity index (χ3v) is 2.97. The Morgan fingerprint density at radius 2 is 2.38 bits per heavy atom. The first-order valence-electron chi connectivity index (χ1n) is 5.56. The van der Waals surface area contributed by atoms with Gasteiger partial charge in [-0.05, 0) is 44.9 Å². The summed E-state index contributed by atoms with van der Waals surface area (Å²) in [5.74, 6) is 0.741. The van der Waals surface area contributed by atoms with Crippen LogP contribution in [0.5, 0.6) is 0 Å². The summed E-state index contributed by atoms with van der Waals surface area (Å²) in [6.07, 6.45) is 9.08. The van der Waals surface area contributed by atoms with E-state index in [1.165, 1.54) is 24.8 Å². The molecule has 2 unspecified atom stereocenters. The second-order valence-electron chi connectivity index (χ2n) is 4.37. The molecule has 2 atom stereocenters. The van der Waals surface area contributed by atoms with E-state index in [9.17, 15) is 5.11 Å². The van der Waals surface area contributed by atoms with E-state index in [0.29, 0.717) is 0 Å². The maximum Gasteiger partial charge on any atom is 0.0542 e. The van der Waals surface area contributed by atoms with E-state index < -0.39 is 0 Å². The maximum atomic E-state index is 9.65. The summed E-state index contributed by atoms with van der Waals surface area (Å²) in [7, 11) is 0. The van der Waals surface area contributed by atoms with Gasteiger partial charge in [-0.15, -0.1) is 0 Å². The van der Waals surface area contributed by atoms with Crippen molar-refractivity contribution in [3.63, 3.8) is 0 Å². The highest BCUT2D eigenvalue weighted by atomic mass is 16.3. The van der Waals surface area contributed by atoms with Gasteiger partial charge in [-0.1, -0.05) is 25.0 Å². The molecule has 1 rings (SSSR count). The highest BCUT2D eigenvalue weighted by Crippen LogP contribution is 2.27. The third-order valence-electron chi connectivity index (χ3n) is 2.97. The van der Waals surface area contributed by atoms with Crippen LogP contribution >= 0.6 is 0 Å². The largest absolute Gasteiger partial charge is 0.393 e. The van der Waals surface area contributed by atoms with Crippen molar-refractivity contribution in [2.24, 2.45) is 5.92 Å². The SMILES string of the molecule is CCCC(O)CC1CC=C(C)CC1. The van der Waals surface area contributed by atoms with Crippen molar-refractivity contribution in [1.82, 2.24) is 0 Å². The maximum absolute atomic E-state index is 9.65. The first-order valence-corrected chi connectivity index (χ1v) is 5.56. The van der Waals surface area contributed by atoms with Crippen LogP contribution in [-0.4, -0.2) is 11.2 Å². The molecule has 0 amide bonds. The number of hydrogen-bond donors (Lipinski definition) is 1. The van der Waals surface area contributed by atoms with Gasteiger partial charge in [-0.2, -0.15) is 0 Å². The van der Waals surface area contributed by atoms with Gasteiger partial charge in [-0.3, -0.25) is 0 Å². The van der Waals surface area contributed by atoms with Crippen LogP contribution in [0.4, 0.5) is 0 Å². The lowest BCUT2D eigenvalue weighted by molar-refractivity contribution is 0.129. The summed E-state index contributed by atoms with van der Waals surface area (Å²) in [4.78, 5) is 0. The summed E-state index contributed by atoms with van der Waals surface area (Å²) < 4.78 is 0. The Kier molecular flexibility index (Phi) is 4.51. The Morgan fingerprint density at radius 1 is 1.62 bits per heavy atom. The van der Waals surface area contributed by atoms with Gasteiger partial charge in [0.1, 0.15) is 0 Å². The summed E-state index contributed by atoms with van der Waals surface area (Å²) in [6, 6.07) is 0. The van der Waals surface area contributed by atoms with E-state index in [2.05, 4.69) is 19.9 Å². The molecule has 76 valence electrons. The fraction of sp³-hybridized carbons (Fsp3) is 0.833. The molecule has 0 aromatic rings. The fourth-order valence-corrected chi connectivity index (χ4v) is 2.07. The van der Waals surface area contributed by atoms with Crippen LogP contribution in [-0.2, 0) is 0 Å². The number of rotatable bonds is 4. The molecule has 1 nitrogen and oxygen atoms in total. The van der Waals surface area contributed by atoms with Crippen LogP contribution in [0.1, 0.15) is 52.4 Å². The van der Waals surface area contributed by atoms with E-state index in [1.54, 1.807) is 0 Å². The molecule has 0 spiro atoms. The van der Waals surface area contributed by atoms with Gasteiger partial charge >= 0.3 is 0 Å². The summed E-state index contributed by atoms with van der Waals surface area (Å²) in [5.41, 5.74) is 1.53. The zero-order chi connectivity index (χ0) is 9.68. The smallest absolute Gasteiger partial charge is 0.0542 e. The van der Waals surface area contributed by atoms with Gasteiger partial charge in [0, 0.05) is 0 Å². The van der Waals surface area contributed by atoms with Crippen LogP contribution in [0.15, 0.2) is 11.6 Å². The van der Waals surface area contributed by atoms with Crippen LogP contribution < -0.4 is 0 Å². The zero-order valence-electron chi connectivity index (χ0n) is 8.92. The molecule has 0 aromatic carbocycles. The van der Waals surface area contributed by atoms with E-state index >= 15 is 0 Å². The van der Waals surface area contributed by atoms with Crippen LogP contribution in [0, 0.1) is 5.92 Å². The van der Waals surface area contributed by atoms with Gasteiger partial charge in [-0.25, -0.2) is 0 Å². The van der Waals surface area contributed by atoms with Crippen molar-refractivity contribution in [2.45, 2.75) is 58.5 Å². The average molecular weight is 182 g/mol. The molecule has 0 fully saturated rings. The molecule has 0 heterocycles. The molecule has 13 heavy (non-hydrogen) atoms. The van der Waals surface area contributed by atoms with Gasteiger partial charge < -0.3 is 5.11 Å². The van der Waals surface area contributed by atoms with Gasteiger partial charge in [0.05, 0.1) is 6.10 Å².